The van der Waals surface area contributed by atoms with Crippen molar-refractivity contribution in [3.8, 4) is 0 Å². The molecule has 0 unspecified atom stereocenters. The van der Waals surface area contributed by atoms with Crippen LogP contribution in [0.3, 0.4) is 0 Å². The first kappa shape index (κ1) is 17.3. The summed E-state index contributed by atoms with van der Waals surface area (Å²) >= 11 is 0. The fourth-order valence-corrected chi connectivity index (χ4v) is 3.30. The lowest BCUT2D eigenvalue weighted by atomic mass is 9.84. The van der Waals surface area contributed by atoms with E-state index < -0.39 is 29.6 Å². The molecule has 0 N–H and O–H groups in total. The second-order valence-electron chi connectivity index (χ2n) is 6.72. The maximum Gasteiger partial charge on any atom is 0.411 e. The summed E-state index contributed by atoms with van der Waals surface area (Å²) in [4.78, 5) is 37.8. The summed E-state index contributed by atoms with van der Waals surface area (Å²) in [5.74, 6) is -1.66. The van der Waals surface area contributed by atoms with Crippen molar-refractivity contribution in [2.24, 2.45) is 5.92 Å². The van der Waals surface area contributed by atoms with Crippen LogP contribution in [0.1, 0.15) is 33.6 Å². The van der Waals surface area contributed by atoms with E-state index in [1.54, 1.807) is 25.7 Å². The fourth-order valence-electron chi connectivity index (χ4n) is 3.30. The molecule has 2 aliphatic heterocycles. The lowest BCUT2D eigenvalue weighted by Gasteiger charge is -2.27. The quantitative estimate of drug-likeness (QED) is 0.436. The van der Waals surface area contributed by atoms with Crippen molar-refractivity contribution in [2.75, 3.05) is 14.2 Å². The highest BCUT2D eigenvalue weighted by Crippen LogP contribution is 2.46. The standard InChI is InChI=1S/C16H23NO6/c1-16(2,3)23-15(20)17-10-6-7-11(17)13(14(19)22-5)9(10)8-12(18)21-4/h8,10-11,13H,6-7H2,1-5H3/b9-8-/t10-,11+,13+/m0/s1. The third-order valence-corrected chi connectivity index (χ3v) is 4.10. The zero-order chi connectivity index (χ0) is 17.4. The monoisotopic (exact) mass is 325 g/mol. The molecule has 0 aromatic carbocycles. The number of ether oxygens (including phenoxy) is 3. The number of hydrogen-bond donors (Lipinski definition) is 0. The molecule has 2 bridgehead atoms. The van der Waals surface area contributed by atoms with Crippen molar-refractivity contribution >= 4 is 18.0 Å². The van der Waals surface area contributed by atoms with E-state index >= 15 is 0 Å². The molecule has 0 radical (unpaired) electrons. The Morgan fingerprint density at radius 3 is 2.30 bits per heavy atom. The van der Waals surface area contributed by atoms with Gasteiger partial charge in [-0.25, -0.2) is 9.59 Å². The van der Waals surface area contributed by atoms with E-state index in [0.29, 0.717) is 18.4 Å². The summed E-state index contributed by atoms with van der Waals surface area (Å²) in [6.07, 6.45) is 2.16. The van der Waals surface area contributed by atoms with Gasteiger partial charge in [-0.15, -0.1) is 0 Å². The number of esters is 2. The van der Waals surface area contributed by atoms with Crippen LogP contribution in [0, 0.1) is 5.92 Å². The normalized spacial score (nSPS) is 28.0. The Kier molecular flexibility index (Phi) is 4.68. The first-order valence-electron chi connectivity index (χ1n) is 7.58. The van der Waals surface area contributed by atoms with E-state index in [4.69, 9.17) is 9.47 Å². The van der Waals surface area contributed by atoms with Gasteiger partial charge in [0, 0.05) is 6.08 Å². The van der Waals surface area contributed by atoms with Gasteiger partial charge in [0.25, 0.3) is 0 Å². The first-order valence-corrected chi connectivity index (χ1v) is 7.58. The van der Waals surface area contributed by atoms with Crippen LogP contribution < -0.4 is 0 Å². The summed E-state index contributed by atoms with van der Waals surface area (Å²) < 4.78 is 14.9. The summed E-state index contributed by atoms with van der Waals surface area (Å²) in [5, 5.41) is 0. The number of rotatable bonds is 2. The van der Waals surface area contributed by atoms with E-state index in [1.165, 1.54) is 20.3 Å². The molecule has 2 aliphatic rings. The zero-order valence-corrected chi connectivity index (χ0v) is 14.1. The lowest BCUT2D eigenvalue weighted by molar-refractivity contribution is -0.144. The lowest BCUT2D eigenvalue weighted by Crippen LogP contribution is -2.41. The van der Waals surface area contributed by atoms with Crippen molar-refractivity contribution in [1.29, 1.82) is 0 Å². The van der Waals surface area contributed by atoms with Crippen LogP contribution in [0.5, 0.6) is 0 Å². The molecule has 0 aliphatic carbocycles. The van der Waals surface area contributed by atoms with Gasteiger partial charge >= 0.3 is 18.0 Å². The van der Waals surface area contributed by atoms with Crippen LogP contribution in [0.25, 0.3) is 0 Å². The highest BCUT2D eigenvalue weighted by molar-refractivity contribution is 5.88. The molecule has 1 amide bonds. The Hall–Kier alpha value is -2.05. The average Bonchev–Trinajstić information content (AvgIpc) is 3.00. The molecule has 0 saturated carbocycles. The maximum absolute atomic E-state index is 12.5. The molecule has 2 fully saturated rings. The van der Waals surface area contributed by atoms with Crippen molar-refractivity contribution in [3.05, 3.63) is 11.6 Å². The van der Waals surface area contributed by atoms with Gasteiger partial charge in [-0.05, 0) is 39.2 Å². The van der Waals surface area contributed by atoms with Gasteiger partial charge in [-0.1, -0.05) is 0 Å². The van der Waals surface area contributed by atoms with Gasteiger partial charge in [0.1, 0.15) is 11.5 Å². The summed E-state index contributed by atoms with van der Waals surface area (Å²) in [7, 11) is 2.56. The molecule has 2 rings (SSSR count). The van der Waals surface area contributed by atoms with Crippen molar-refractivity contribution in [2.45, 2.75) is 51.3 Å². The van der Waals surface area contributed by atoms with E-state index in [0.717, 1.165) is 0 Å². The maximum atomic E-state index is 12.5. The molecule has 128 valence electrons. The Bertz CT molecular complexity index is 547. The average molecular weight is 325 g/mol. The minimum atomic E-state index is -0.648. The molecule has 0 spiro atoms. The topological polar surface area (TPSA) is 82.1 Å². The summed E-state index contributed by atoms with van der Waals surface area (Å²) in [6, 6.07) is -0.684. The highest BCUT2D eigenvalue weighted by atomic mass is 16.6. The molecule has 7 heteroatoms. The van der Waals surface area contributed by atoms with E-state index in [-0.39, 0.29) is 12.1 Å². The minimum Gasteiger partial charge on any atom is -0.468 e. The molecule has 23 heavy (non-hydrogen) atoms. The number of methoxy groups -OCH3 is 2. The number of fused-ring (bicyclic) bond motifs is 2. The van der Waals surface area contributed by atoms with E-state index in [1.807, 2.05) is 0 Å². The van der Waals surface area contributed by atoms with Crippen LogP contribution in [0.15, 0.2) is 11.6 Å². The number of hydrogen-bond acceptors (Lipinski definition) is 6. The van der Waals surface area contributed by atoms with Crippen molar-refractivity contribution < 1.29 is 28.6 Å². The summed E-state index contributed by atoms with van der Waals surface area (Å²) in [6.45, 7) is 5.35. The van der Waals surface area contributed by atoms with Crippen LogP contribution in [0.2, 0.25) is 0 Å². The van der Waals surface area contributed by atoms with Crippen LogP contribution in [-0.4, -0.2) is 54.8 Å². The van der Waals surface area contributed by atoms with Crippen LogP contribution in [-0.2, 0) is 23.8 Å². The Balaban J connectivity index is 2.34. The molecule has 2 saturated heterocycles. The van der Waals surface area contributed by atoms with Crippen LogP contribution in [0.4, 0.5) is 4.79 Å². The molecule has 0 aromatic rings. The van der Waals surface area contributed by atoms with Gasteiger partial charge in [0.05, 0.1) is 26.3 Å². The Morgan fingerprint density at radius 1 is 1.13 bits per heavy atom. The second-order valence-corrected chi connectivity index (χ2v) is 6.72. The van der Waals surface area contributed by atoms with E-state index in [9.17, 15) is 14.4 Å². The first-order chi connectivity index (χ1) is 10.7. The van der Waals surface area contributed by atoms with Gasteiger partial charge in [-0.3, -0.25) is 9.69 Å². The predicted octanol–water partition coefficient (Wildman–Crippen LogP) is 1.66. The highest BCUT2D eigenvalue weighted by Gasteiger charge is 2.56. The van der Waals surface area contributed by atoms with Gasteiger partial charge in [0.2, 0.25) is 0 Å². The van der Waals surface area contributed by atoms with Crippen LogP contribution >= 0.6 is 0 Å². The van der Waals surface area contributed by atoms with Crippen molar-refractivity contribution in [3.63, 3.8) is 0 Å². The summed E-state index contributed by atoms with van der Waals surface area (Å²) in [5.41, 5.74) is -0.0719. The van der Waals surface area contributed by atoms with Gasteiger partial charge in [-0.2, -0.15) is 0 Å². The smallest absolute Gasteiger partial charge is 0.411 e. The fraction of sp³-hybridized carbons (Fsp3) is 0.688. The van der Waals surface area contributed by atoms with Gasteiger partial charge < -0.3 is 14.2 Å². The third-order valence-electron chi connectivity index (χ3n) is 4.10. The SMILES string of the molecule is COC(=O)/C=C1\[C@@H](C(=O)OC)[C@H]2CC[C@@H]1N2C(=O)OC(C)(C)C. The van der Waals surface area contributed by atoms with Gasteiger partial charge in [0.15, 0.2) is 0 Å². The minimum absolute atomic E-state index is 0.335. The van der Waals surface area contributed by atoms with E-state index in [2.05, 4.69) is 4.74 Å². The number of nitrogens with zero attached hydrogens (tertiary/aromatic N) is 1. The Labute approximate surface area is 135 Å². The Morgan fingerprint density at radius 2 is 1.78 bits per heavy atom. The number of carbonyl (C=O) groups is 3. The molecule has 3 atom stereocenters. The largest absolute Gasteiger partial charge is 0.468 e. The number of carbonyl (C=O) groups excluding carboxylic acids is 3. The molecule has 0 aromatic heterocycles. The zero-order valence-electron chi connectivity index (χ0n) is 14.1. The third kappa shape index (κ3) is 3.33. The van der Waals surface area contributed by atoms with Crippen molar-refractivity contribution in [1.82, 2.24) is 4.90 Å². The molecule has 7 nitrogen and oxygen atoms in total. The second kappa shape index (κ2) is 6.22. The predicted molar refractivity (Wildman–Crippen MR) is 80.5 cm³/mol. The molecule has 2 heterocycles. The molecular weight excluding hydrogens is 302 g/mol. The molecular formula is C16H23NO6. The number of amides is 1.